The van der Waals surface area contributed by atoms with Crippen molar-refractivity contribution in [2.45, 2.75) is 20.0 Å². The summed E-state index contributed by atoms with van der Waals surface area (Å²) in [5.41, 5.74) is 1.41. The van der Waals surface area contributed by atoms with Crippen molar-refractivity contribution in [2.75, 3.05) is 11.4 Å². The molecule has 1 aliphatic rings. The lowest BCUT2D eigenvalue weighted by Crippen LogP contribution is -2.49. The van der Waals surface area contributed by atoms with Crippen molar-refractivity contribution in [1.82, 2.24) is 0 Å². The molecule has 0 spiro atoms. The first-order chi connectivity index (χ1) is 7.99. The van der Waals surface area contributed by atoms with Crippen molar-refractivity contribution >= 4 is 17.6 Å². The summed E-state index contributed by atoms with van der Waals surface area (Å²) in [6, 6.07) is 5.30. The van der Waals surface area contributed by atoms with E-state index in [0.717, 1.165) is 5.56 Å². The molecular formula is C12H12NO4-. The summed E-state index contributed by atoms with van der Waals surface area (Å²) in [6.07, 6.45) is -0.676. The first kappa shape index (κ1) is 11.4. The van der Waals surface area contributed by atoms with Crippen LogP contribution in [-0.2, 0) is 9.59 Å². The molecule has 0 fully saturated rings. The third kappa shape index (κ3) is 2.08. The van der Waals surface area contributed by atoms with Gasteiger partial charge in [-0.3, -0.25) is 4.79 Å². The molecule has 0 radical (unpaired) electrons. The normalized spacial score (nSPS) is 18.6. The molecule has 0 aliphatic carbocycles. The lowest BCUT2D eigenvalue weighted by Gasteiger charge is -2.33. The van der Waals surface area contributed by atoms with Crippen molar-refractivity contribution in [3.8, 4) is 5.75 Å². The lowest BCUT2D eigenvalue weighted by atomic mass is 10.1. The molecule has 0 saturated carbocycles. The van der Waals surface area contributed by atoms with Gasteiger partial charge in [-0.2, -0.15) is 0 Å². The highest BCUT2D eigenvalue weighted by Gasteiger charge is 2.31. The number of hydrogen-bond donors (Lipinski definition) is 0. The average Bonchev–Trinajstić information content (AvgIpc) is 2.25. The van der Waals surface area contributed by atoms with Crippen molar-refractivity contribution in [3.63, 3.8) is 0 Å². The predicted molar refractivity (Wildman–Crippen MR) is 58.6 cm³/mol. The van der Waals surface area contributed by atoms with Gasteiger partial charge in [0.1, 0.15) is 5.75 Å². The van der Waals surface area contributed by atoms with Crippen LogP contribution in [0.4, 0.5) is 5.69 Å². The maximum absolute atomic E-state index is 11.8. The van der Waals surface area contributed by atoms with Crippen molar-refractivity contribution in [1.29, 1.82) is 0 Å². The molecule has 17 heavy (non-hydrogen) atoms. The number of carboxylic acid groups (broad SMARTS) is 1. The highest BCUT2D eigenvalue weighted by molar-refractivity contribution is 6.02. The van der Waals surface area contributed by atoms with E-state index in [4.69, 9.17) is 4.74 Å². The summed E-state index contributed by atoms with van der Waals surface area (Å²) >= 11 is 0. The van der Waals surface area contributed by atoms with Crippen molar-refractivity contribution in [2.24, 2.45) is 0 Å². The molecule has 5 nitrogen and oxygen atoms in total. The van der Waals surface area contributed by atoms with E-state index in [1.54, 1.807) is 19.1 Å². The summed E-state index contributed by atoms with van der Waals surface area (Å²) in [7, 11) is 0. The molecule has 90 valence electrons. The maximum atomic E-state index is 11.8. The Bertz CT molecular complexity index is 483. The van der Waals surface area contributed by atoms with Gasteiger partial charge in [-0.1, -0.05) is 6.07 Å². The van der Waals surface area contributed by atoms with Crippen LogP contribution in [0.5, 0.6) is 5.75 Å². The molecule has 0 saturated heterocycles. The molecular weight excluding hydrogens is 222 g/mol. The summed E-state index contributed by atoms with van der Waals surface area (Å²) in [6.45, 7) is 3.00. The summed E-state index contributed by atoms with van der Waals surface area (Å²) < 4.78 is 5.41. The number of carboxylic acids is 1. The Balaban J connectivity index is 2.46. The Morgan fingerprint density at radius 2 is 2.24 bits per heavy atom. The van der Waals surface area contributed by atoms with Crippen LogP contribution in [0.1, 0.15) is 12.5 Å². The Morgan fingerprint density at radius 1 is 1.53 bits per heavy atom. The highest BCUT2D eigenvalue weighted by Crippen LogP contribution is 2.34. The van der Waals surface area contributed by atoms with E-state index in [1.807, 2.05) is 13.0 Å². The zero-order valence-corrected chi connectivity index (χ0v) is 9.60. The summed E-state index contributed by atoms with van der Waals surface area (Å²) in [5, 5.41) is 10.7. The quantitative estimate of drug-likeness (QED) is 0.714. The zero-order chi connectivity index (χ0) is 12.6. The molecule has 1 aromatic carbocycles. The minimum absolute atomic E-state index is 0.368. The van der Waals surface area contributed by atoms with Gasteiger partial charge in [0.25, 0.3) is 5.91 Å². The van der Waals surface area contributed by atoms with E-state index in [9.17, 15) is 14.7 Å². The number of hydrogen-bond acceptors (Lipinski definition) is 4. The first-order valence-electron chi connectivity index (χ1n) is 5.27. The molecule has 0 unspecified atom stereocenters. The van der Waals surface area contributed by atoms with Crippen LogP contribution in [-0.4, -0.2) is 24.5 Å². The zero-order valence-electron chi connectivity index (χ0n) is 9.60. The molecule has 1 aromatic rings. The fraction of sp³-hybridized carbons (Fsp3) is 0.333. The molecule has 1 heterocycles. The van der Waals surface area contributed by atoms with Gasteiger partial charge < -0.3 is 19.5 Å². The minimum Gasteiger partial charge on any atom is -0.548 e. The molecule has 0 bridgehead atoms. The van der Waals surface area contributed by atoms with Crippen LogP contribution in [0.25, 0.3) is 0 Å². The minimum atomic E-state index is -1.29. The van der Waals surface area contributed by atoms with Crippen LogP contribution in [0.15, 0.2) is 18.2 Å². The van der Waals surface area contributed by atoms with Gasteiger partial charge >= 0.3 is 0 Å². The number of aryl methyl sites for hydroxylation is 1. The van der Waals surface area contributed by atoms with Crippen LogP contribution < -0.4 is 14.7 Å². The second kappa shape index (κ2) is 4.08. The van der Waals surface area contributed by atoms with E-state index in [1.165, 1.54) is 4.90 Å². The number of carbonyl (C=O) groups is 2. The molecule has 5 heteroatoms. The molecule has 1 amide bonds. The number of benzene rings is 1. The van der Waals surface area contributed by atoms with Gasteiger partial charge in [0.05, 0.1) is 18.2 Å². The average molecular weight is 234 g/mol. The number of nitrogens with zero attached hydrogens (tertiary/aromatic N) is 1. The fourth-order valence-electron chi connectivity index (χ4n) is 1.81. The van der Waals surface area contributed by atoms with Gasteiger partial charge in [-0.15, -0.1) is 0 Å². The van der Waals surface area contributed by atoms with E-state index in [0.29, 0.717) is 11.4 Å². The Kier molecular flexibility index (Phi) is 2.75. The highest BCUT2D eigenvalue weighted by atomic mass is 16.5. The SMILES string of the molecule is Cc1ccc2c(c1)N(CC(=O)[O-])C(=O)[C@@H](C)O2. The van der Waals surface area contributed by atoms with E-state index in [-0.39, 0.29) is 5.91 Å². The summed E-state index contributed by atoms with van der Waals surface area (Å²) in [5.74, 6) is -1.14. The standard InChI is InChI=1S/C12H13NO4/c1-7-3-4-10-9(5-7)13(6-11(14)15)12(16)8(2)17-10/h3-5,8H,6H2,1-2H3,(H,14,15)/p-1/t8-/m1/s1. The third-order valence-corrected chi connectivity index (χ3v) is 2.61. The fourth-order valence-corrected chi connectivity index (χ4v) is 1.81. The van der Waals surface area contributed by atoms with Crippen LogP contribution in [0.3, 0.4) is 0 Å². The topological polar surface area (TPSA) is 69.7 Å². The largest absolute Gasteiger partial charge is 0.548 e. The number of amides is 1. The monoisotopic (exact) mass is 234 g/mol. The molecule has 1 aliphatic heterocycles. The third-order valence-electron chi connectivity index (χ3n) is 2.61. The Hall–Kier alpha value is -2.04. The smallest absolute Gasteiger partial charge is 0.268 e. The molecule has 1 atom stereocenters. The van der Waals surface area contributed by atoms with Gasteiger partial charge in [0.15, 0.2) is 6.10 Å². The molecule has 2 rings (SSSR count). The Morgan fingerprint density at radius 3 is 2.88 bits per heavy atom. The van der Waals surface area contributed by atoms with Crippen molar-refractivity contribution in [3.05, 3.63) is 23.8 Å². The number of rotatable bonds is 2. The lowest BCUT2D eigenvalue weighted by molar-refractivity contribution is -0.303. The van der Waals surface area contributed by atoms with E-state index < -0.39 is 18.6 Å². The summed E-state index contributed by atoms with van der Waals surface area (Å²) in [4.78, 5) is 23.7. The maximum Gasteiger partial charge on any atom is 0.268 e. The van der Waals surface area contributed by atoms with Crippen LogP contribution in [0.2, 0.25) is 0 Å². The number of carbonyl (C=O) groups excluding carboxylic acids is 2. The second-order valence-corrected chi connectivity index (χ2v) is 4.03. The van der Waals surface area contributed by atoms with Crippen LogP contribution >= 0.6 is 0 Å². The molecule has 0 N–H and O–H groups in total. The van der Waals surface area contributed by atoms with E-state index >= 15 is 0 Å². The number of aliphatic carboxylic acids is 1. The second-order valence-electron chi connectivity index (χ2n) is 4.03. The number of fused-ring (bicyclic) bond motifs is 1. The first-order valence-corrected chi connectivity index (χ1v) is 5.27. The predicted octanol–water partition coefficient (Wildman–Crippen LogP) is -0.141. The van der Waals surface area contributed by atoms with Gasteiger partial charge in [-0.05, 0) is 31.5 Å². The van der Waals surface area contributed by atoms with Gasteiger partial charge in [0.2, 0.25) is 0 Å². The molecule has 0 aromatic heterocycles. The Labute approximate surface area is 98.6 Å². The van der Waals surface area contributed by atoms with Gasteiger partial charge in [-0.25, -0.2) is 0 Å². The van der Waals surface area contributed by atoms with Crippen LogP contribution in [0, 0.1) is 6.92 Å². The van der Waals surface area contributed by atoms with E-state index in [2.05, 4.69) is 0 Å². The number of ether oxygens (including phenoxy) is 1. The van der Waals surface area contributed by atoms with Gasteiger partial charge in [0, 0.05) is 0 Å². The number of anilines is 1. The van der Waals surface area contributed by atoms with Crippen molar-refractivity contribution < 1.29 is 19.4 Å².